The average Bonchev–Trinajstić information content (AvgIpc) is 3.29. The van der Waals surface area contributed by atoms with Crippen molar-refractivity contribution in [2.45, 2.75) is 39.1 Å². The van der Waals surface area contributed by atoms with Crippen molar-refractivity contribution in [1.82, 2.24) is 14.1 Å². The maximum atomic E-state index is 13.1. The number of aryl methyl sites for hydroxylation is 1. The number of amides is 1. The van der Waals surface area contributed by atoms with E-state index in [0.29, 0.717) is 41.5 Å². The fraction of sp³-hybridized carbons (Fsp3) is 0.333. The second kappa shape index (κ2) is 9.11. The lowest BCUT2D eigenvalue weighted by Gasteiger charge is -2.18. The number of benzene rings is 2. The lowest BCUT2D eigenvalue weighted by Crippen LogP contribution is -2.31. The predicted octanol–water partition coefficient (Wildman–Crippen LogP) is 4.08. The smallest absolute Gasteiger partial charge is 0.246 e. The molecule has 0 aliphatic carbocycles. The number of ether oxygens (including phenoxy) is 1. The Morgan fingerprint density at radius 2 is 1.82 bits per heavy atom. The van der Waals surface area contributed by atoms with Gasteiger partial charge in [0.05, 0.1) is 24.2 Å². The van der Waals surface area contributed by atoms with Gasteiger partial charge in [-0.25, -0.2) is 8.42 Å². The highest BCUT2D eigenvalue weighted by Gasteiger charge is 2.29. The van der Waals surface area contributed by atoms with Gasteiger partial charge in [-0.3, -0.25) is 9.48 Å². The Hall–Kier alpha value is -3.37. The van der Waals surface area contributed by atoms with Crippen LogP contribution >= 0.6 is 0 Å². The van der Waals surface area contributed by atoms with Crippen LogP contribution in [0.1, 0.15) is 25.2 Å². The van der Waals surface area contributed by atoms with E-state index in [1.807, 2.05) is 30.3 Å². The van der Waals surface area contributed by atoms with Crippen LogP contribution in [0, 0.1) is 13.8 Å². The molecular formula is C24H28N4O5S. The highest BCUT2D eigenvalue weighted by Crippen LogP contribution is 2.36. The normalized spacial score (nSPS) is 12.1. The number of aromatic nitrogens is 2. The fourth-order valence-electron chi connectivity index (χ4n) is 4.24. The molecule has 34 heavy (non-hydrogen) atoms. The van der Waals surface area contributed by atoms with Gasteiger partial charge in [0.25, 0.3) is 0 Å². The van der Waals surface area contributed by atoms with Crippen molar-refractivity contribution in [3.63, 3.8) is 0 Å². The predicted molar refractivity (Wildman–Crippen MR) is 131 cm³/mol. The molecule has 0 aliphatic heterocycles. The van der Waals surface area contributed by atoms with E-state index < -0.39 is 10.0 Å². The maximum absolute atomic E-state index is 13.1. The third-order valence-corrected chi connectivity index (χ3v) is 8.19. The number of carbonyl (C=O) groups excluding carboxylic acids is 1. The van der Waals surface area contributed by atoms with Gasteiger partial charge < -0.3 is 14.5 Å². The van der Waals surface area contributed by atoms with E-state index in [2.05, 4.69) is 10.4 Å². The monoisotopic (exact) mass is 484 g/mol. The topological polar surface area (TPSA) is 107 Å². The summed E-state index contributed by atoms with van der Waals surface area (Å²) in [6, 6.07) is 11.2. The first-order valence-electron chi connectivity index (χ1n) is 11.0. The molecule has 0 bridgehead atoms. The summed E-state index contributed by atoms with van der Waals surface area (Å²) in [5.74, 6) is 0.122. The van der Waals surface area contributed by atoms with Crippen LogP contribution in [0.5, 0.6) is 5.75 Å². The largest absolute Gasteiger partial charge is 0.495 e. The van der Waals surface area contributed by atoms with Gasteiger partial charge in [-0.2, -0.15) is 9.40 Å². The second-order valence-corrected chi connectivity index (χ2v) is 9.82. The minimum Gasteiger partial charge on any atom is -0.495 e. The van der Waals surface area contributed by atoms with E-state index in [1.165, 1.54) is 16.1 Å². The van der Waals surface area contributed by atoms with Crippen LogP contribution in [0.25, 0.3) is 21.9 Å². The van der Waals surface area contributed by atoms with Gasteiger partial charge in [0.1, 0.15) is 28.4 Å². The van der Waals surface area contributed by atoms with Crippen LogP contribution in [0.4, 0.5) is 5.69 Å². The number of nitrogens with one attached hydrogen (secondary N) is 1. The van der Waals surface area contributed by atoms with Crippen LogP contribution in [0.2, 0.25) is 0 Å². The van der Waals surface area contributed by atoms with Crippen LogP contribution in [-0.4, -0.2) is 48.6 Å². The van der Waals surface area contributed by atoms with Crippen LogP contribution in [0.3, 0.4) is 0 Å². The summed E-state index contributed by atoms with van der Waals surface area (Å²) >= 11 is 0. The van der Waals surface area contributed by atoms with E-state index in [9.17, 15) is 13.2 Å². The van der Waals surface area contributed by atoms with E-state index >= 15 is 0 Å². The minimum atomic E-state index is -3.70. The molecule has 1 N–H and O–H groups in total. The molecule has 0 aliphatic rings. The Labute approximate surface area is 198 Å². The number of hydrogen-bond donors (Lipinski definition) is 1. The number of sulfonamides is 1. The van der Waals surface area contributed by atoms with Gasteiger partial charge in [-0.15, -0.1) is 0 Å². The minimum absolute atomic E-state index is 0.144. The Morgan fingerprint density at radius 3 is 2.50 bits per heavy atom. The molecule has 0 fully saturated rings. The van der Waals surface area contributed by atoms with Crippen molar-refractivity contribution in [2.24, 2.45) is 0 Å². The van der Waals surface area contributed by atoms with Crippen molar-refractivity contribution in [3.05, 3.63) is 47.8 Å². The Bertz CT molecular complexity index is 1480. The number of methoxy groups -OCH3 is 1. The molecule has 9 nitrogen and oxygen atoms in total. The lowest BCUT2D eigenvalue weighted by atomic mass is 10.1. The number of fused-ring (bicyclic) bond motifs is 3. The molecule has 4 rings (SSSR count). The number of para-hydroxylation sites is 1. The van der Waals surface area contributed by atoms with Gasteiger partial charge in [0, 0.05) is 29.9 Å². The Balaban J connectivity index is 1.63. The zero-order valence-electron chi connectivity index (χ0n) is 19.9. The molecule has 2 aromatic carbocycles. The van der Waals surface area contributed by atoms with Gasteiger partial charge >= 0.3 is 0 Å². The number of furan rings is 1. The number of rotatable bonds is 8. The standard InChI is InChI=1S/C24H28N4O5S/c1-6-27(7-2)34(30,31)24-15(3)26-28(16(24)4)14-23(29)25-19-13-21-18(12-22(19)32-5)17-10-8-9-11-20(17)33-21/h8-13H,6-7,14H2,1-5H3,(H,25,29). The molecule has 0 unspecified atom stereocenters. The molecule has 1 amide bonds. The van der Waals surface area contributed by atoms with Gasteiger partial charge in [0.15, 0.2) is 0 Å². The molecule has 4 aromatic rings. The molecule has 180 valence electrons. The number of anilines is 1. The average molecular weight is 485 g/mol. The first-order chi connectivity index (χ1) is 16.2. The van der Waals surface area contributed by atoms with Gasteiger partial charge in [-0.05, 0) is 26.0 Å². The van der Waals surface area contributed by atoms with Crippen LogP contribution in [0.15, 0.2) is 45.7 Å². The van der Waals surface area contributed by atoms with Crippen LogP contribution in [-0.2, 0) is 21.4 Å². The molecule has 0 radical (unpaired) electrons. The number of nitrogens with zero attached hydrogens (tertiary/aromatic N) is 3. The highest BCUT2D eigenvalue weighted by atomic mass is 32.2. The first kappa shape index (κ1) is 23.8. The van der Waals surface area contributed by atoms with Crippen molar-refractivity contribution in [3.8, 4) is 5.75 Å². The van der Waals surface area contributed by atoms with E-state index in [-0.39, 0.29) is 17.3 Å². The molecule has 0 atom stereocenters. The van der Waals surface area contributed by atoms with Crippen molar-refractivity contribution in [1.29, 1.82) is 0 Å². The van der Waals surface area contributed by atoms with Crippen molar-refractivity contribution in [2.75, 3.05) is 25.5 Å². The van der Waals surface area contributed by atoms with Crippen molar-refractivity contribution < 1.29 is 22.4 Å². The quantitative estimate of drug-likeness (QED) is 0.404. The van der Waals surface area contributed by atoms with E-state index in [1.54, 1.807) is 33.8 Å². The number of hydrogen-bond acceptors (Lipinski definition) is 6. The summed E-state index contributed by atoms with van der Waals surface area (Å²) in [6.07, 6.45) is 0. The maximum Gasteiger partial charge on any atom is 0.246 e. The lowest BCUT2D eigenvalue weighted by molar-refractivity contribution is -0.117. The molecule has 0 spiro atoms. The second-order valence-electron chi connectivity index (χ2n) is 7.94. The molecule has 0 saturated carbocycles. The summed E-state index contributed by atoms with van der Waals surface area (Å²) in [5, 5.41) is 9.01. The summed E-state index contributed by atoms with van der Waals surface area (Å²) < 4.78 is 40.3. The van der Waals surface area contributed by atoms with Crippen molar-refractivity contribution >= 4 is 43.6 Å². The Kier molecular flexibility index (Phi) is 6.37. The van der Waals surface area contributed by atoms with E-state index in [4.69, 9.17) is 9.15 Å². The zero-order chi connectivity index (χ0) is 24.6. The molecule has 2 aromatic heterocycles. The summed E-state index contributed by atoms with van der Waals surface area (Å²) in [4.78, 5) is 13.1. The molecule has 0 saturated heterocycles. The van der Waals surface area contributed by atoms with Gasteiger partial charge in [-0.1, -0.05) is 32.0 Å². The summed E-state index contributed by atoms with van der Waals surface area (Å²) in [6.45, 7) is 7.43. The fourth-order valence-corrected chi connectivity index (χ4v) is 6.08. The Morgan fingerprint density at radius 1 is 1.12 bits per heavy atom. The highest BCUT2D eigenvalue weighted by molar-refractivity contribution is 7.89. The van der Waals surface area contributed by atoms with E-state index in [0.717, 1.165) is 16.4 Å². The summed E-state index contributed by atoms with van der Waals surface area (Å²) in [5.41, 5.74) is 2.60. The van der Waals surface area contributed by atoms with Gasteiger partial charge in [0.2, 0.25) is 15.9 Å². The third kappa shape index (κ3) is 4.03. The SMILES string of the molecule is CCN(CC)S(=O)(=O)c1c(C)nn(CC(=O)Nc2cc3oc4ccccc4c3cc2OC)c1C. The third-order valence-electron chi connectivity index (χ3n) is 5.88. The number of carbonyl (C=O) groups is 1. The molecular weight excluding hydrogens is 456 g/mol. The molecule has 2 heterocycles. The van der Waals surface area contributed by atoms with Crippen LogP contribution < -0.4 is 10.1 Å². The zero-order valence-corrected chi connectivity index (χ0v) is 20.7. The first-order valence-corrected chi connectivity index (χ1v) is 12.5. The molecule has 10 heteroatoms. The summed E-state index contributed by atoms with van der Waals surface area (Å²) in [7, 11) is -2.17.